The number of aromatic nitrogens is 2. The molecule has 134 valence electrons. The first-order valence-electron chi connectivity index (χ1n) is 8.15. The highest BCUT2D eigenvalue weighted by Crippen LogP contribution is 2.25. The summed E-state index contributed by atoms with van der Waals surface area (Å²) in [5, 5.41) is 3.53. The fourth-order valence-electron chi connectivity index (χ4n) is 2.77. The summed E-state index contributed by atoms with van der Waals surface area (Å²) in [6.07, 6.45) is 3.48. The van der Waals surface area contributed by atoms with E-state index < -0.39 is 0 Å². The van der Waals surface area contributed by atoms with Crippen LogP contribution in [0.15, 0.2) is 48.8 Å². The topological polar surface area (TPSA) is 110 Å². The lowest BCUT2D eigenvalue weighted by molar-refractivity contribution is 0.0933. The van der Waals surface area contributed by atoms with Gasteiger partial charge in [-0.3, -0.25) is 4.79 Å². The molecule has 3 rings (SSSR count). The molecule has 7 heteroatoms. The zero-order chi connectivity index (χ0) is 18.7. The molecular formula is C19H20ClN5O. The molecule has 0 unspecified atom stereocenters. The van der Waals surface area contributed by atoms with E-state index in [1.807, 2.05) is 19.1 Å². The maximum absolute atomic E-state index is 12.6. The normalized spacial score (nSPS) is 12.0. The van der Waals surface area contributed by atoms with E-state index >= 15 is 0 Å². The average Bonchev–Trinajstić information content (AvgIpc) is 3.11. The Hall–Kier alpha value is -2.83. The fourth-order valence-corrected chi connectivity index (χ4v) is 2.97. The molecule has 0 aliphatic heterocycles. The van der Waals surface area contributed by atoms with Gasteiger partial charge in [0.25, 0.3) is 5.91 Å². The number of aromatic amines is 1. The van der Waals surface area contributed by atoms with E-state index in [0.29, 0.717) is 16.5 Å². The molecule has 0 aliphatic rings. The zero-order valence-corrected chi connectivity index (χ0v) is 15.0. The van der Waals surface area contributed by atoms with Crippen LogP contribution in [0.3, 0.4) is 0 Å². The molecule has 6 N–H and O–H groups in total. The summed E-state index contributed by atoms with van der Waals surface area (Å²) in [6.45, 7) is 2.21. The number of nitrogens with zero attached hydrogens (tertiary/aromatic N) is 1. The van der Waals surface area contributed by atoms with Gasteiger partial charge >= 0.3 is 0 Å². The van der Waals surface area contributed by atoms with Crippen molar-refractivity contribution in [3.05, 3.63) is 70.6 Å². The van der Waals surface area contributed by atoms with Crippen LogP contribution in [0.1, 0.15) is 27.7 Å². The van der Waals surface area contributed by atoms with Gasteiger partial charge in [-0.05, 0) is 47.9 Å². The minimum atomic E-state index is -0.328. The third kappa shape index (κ3) is 3.87. The van der Waals surface area contributed by atoms with Gasteiger partial charge in [0, 0.05) is 29.5 Å². The first-order valence-corrected chi connectivity index (χ1v) is 8.53. The van der Waals surface area contributed by atoms with Crippen molar-refractivity contribution in [1.29, 1.82) is 0 Å². The van der Waals surface area contributed by atoms with Gasteiger partial charge in [0.05, 0.1) is 6.04 Å². The number of H-pyrrole nitrogens is 1. The number of halogens is 1. The number of anilines is 1. The second kappa shape index (κ2) is 7.59. The average molecular weight is 370 g/mol. The molecule has 2 heterocycles. The molecule has 2 aromatic heterocycles. The fraction of sp³-hybridized carbons (Fsp3) is 0.158. The van der Waals surface area contributed by atoms with Crippen molar-refractivity contribution in [2.45, 2.75) is 13.0 Å². The van der Waals surface area contributed by atoms with E-state index in [0.717, 1.165) is 22.3 Å². The first kappa shape index (κ1) is 18.0. The third-order valence-corrected chi connectivity index (χ3v) is 4.39. The number of nitrogen functional groups attached to an aromatic ring is 1. The van der Waals surface area contributed by atoms with Gasteiger partial charge in [0.1, 0.15) is 11.5 Å². The van der Waals surface area contributed by atoms with E-state index in [9.17, 15) is 4.79 Å². The van der Waals surface area contributed by atoms with Crippen molar-refractivity contribution in [2.75, 3.05) is 12.3 Å². The quantitative estimate of drug-likeness (QED) is 0.554. The van der Waals surface area contributed by atoms with Crippen LogP contribution in [0.5, 0.6) is 0 Å². The van der Waals surface area contributed by atoms with Gasteiger partial charge in [-0.25, -0.2) is 4.98 Å². The Labute approximate surface area is 156 Å². The Bertz CT molecular complexity index is 937. The molecule has 0 fully saturated rings. The van der Waals surface area contributed by atoms with Crippen molar-refractivity contribution in [2.24, 2.45) is 5.73 Å². The van der Waals surface area contributed by atoms with Crippen molar-refractivity contribution in [1.82, 2.24) is 15.3 Å². The smallest absolute Gasteiger partial charge is 0.268 e. The number of pyridine rings is 1. The molecule has 0 spiro atoms. The highest BCUT2D eigenvalue weighted by Gasteiger charge is 2.17. The van der Waals surface area contributed by atoms with E-state index in [-0.39, 0.29) is 18.5 Å². The second-order valence-corrected chi connectivity index (χ2v) is 6.48. The SMILES string of the molecule is Cc1cnc(N)cc1-c1c[nH]c(C(=O)N[C@H](CN)c2cccc(Cl)c2)c1. The lowest BCUT2D eigenvalue weighted by Gasteiger charge is -2.17. The summed E-state index contributed by atoms with van der Waals surface area (Å²) in [6, 6.07) is 10.5. The lowest BCUT2D eigenvalue weighted by Crippen LogP contribution is -2.33. The van der Waals surface area contributed by atoms with Crippen LogP contribution in [0.2, 0.25) is 5.02 Å². The molecule has 0 saturated carbocycles. The Balaban J connectivity index is 1.80. The number of rotatable bonds is 5. The molecule has 3 aromatic rings. The molecule has 1 amide bonds. The monoisotopic (exact) mass is 369 g/mol. The van der Waals surface area contributed by atoms with Crippen LogP contribution < -0.4 is 16.8 Å². The number of nitrogens with two attached hydrogens (primary N) is 2. The molecule has 0 aliphatic carbocycles. The minimum absolute atomic E-state index is 0.244. The Morgan fingerprint density at radius 1 is 1.35 bits per heavy atom. The third-order valence-electron chi connectivity index (χ3n) is 4.16. The van der Waals surface area contributed by atoms with Gasteiger partial charge in [-0.15, -0.1) is 0 Å². The van der Waals surface area contributed by atoms with E-state index in [2.05, 4.69) is 15.3 Å². The van der Waals surface area contributed by atoms with Crippen LogP contribution in [0.4, 0.5) is 5.82 Å². The number of nitrogens with one attached hydrogen (secondary N) is 2. The molecule has 6 nitrogen and oxygen atoms in total. The number of hydrogen-bond donors (Lipinski definition) is 4. The number of amides is 1. The Morgan fingerprint density at radius 2 is 2.15 bits per heavy atom. The van der Waals surface area contributed by atoms with Gasteiger partial charge < -0.3 is 21.8 Å². The van der Waals surface area contributed by atoms with Crippen LogP contribution in [-0.4, -0.2) is 22.4 Å². The summed E-state index contributed by atoms with van der Waals surface area (Å²) < 4.78 is 0. The Morgan fingerprint density at radius 3 is 2.88 bits per heavy atom. The minimum Gasteiger partial charge on any atom is -0.384 e. The van der Waals surface area contributed by atoms with E-state index in [4.69, 9.17) is 23.1 Å². The van der Waals surface area contributed by atoms with E-state index in [1.54, 1.807) is 36.7 Å². The molecule has 1 aromatic carbocycles. The van der Waals surface area contributed by atoms with Crippen LogP contribution >= 0.6 is 11.6 Å². The predicted octanol–water partition coefficient (Wildman–Crippen LogP) is 3.05. The predicted molar refractivity (Wildman–Crippen MR) is 104 cm³/mol. The number of carbonyl (C=O) groups is 1. The summed E-state index contributed by atoms with van der Waals surface area (Å²) in [5.41, 5.74) is 15.7. The van der Waals surface area contributed by atoms with Gasteiger partial charge in [0.2, 0.25) is 0 Å². The van der Waals surface area contributed by atoms with Gasteiger partial charge in [-0.2, -0.15) is 0 Å². The highest BCUT2D eigenvalue weighted by atomic mass is 35.5. The number of benzene rings is 1. The number of aryl methyl sites for hydroxylation is 1. The Kier molecular flexibility index (Phi) is 5.25. The summed E-state index contributed by atoms with van der Waals surface area (Å²) in [4.78, 5) is 19.7. The highest BCUT2D eigenvalue weighted by molar-refractivity contribution is 6.30. The van der Waals surface area contributed by atoms with Crippen molar-refractivity contribution in [3.63, 3.8) is 0 Å². The molecular weight excluding hydrogens is 350 g/mol. The second-order valence-electron chi connectivity index (χ2n) is 6.04. The van der Waals surface area contributed by atoms with Crippen LogP contribution in [0, 0.1) is 6.92 Å². The number of carbonyl (C=O) groups excluding carboxylic acids is 1. The molecule has 0 bridgehead atoms. The molecule has 0 saturated heterocycles. The number of hydrogen-bond acceptors (Lipinski definition) is 4. The van der Waals surface area contributed by atoms with Crippen molar-refractivity contribution >= 4 is 23.3 Å². The molecule has 26 heavy (non-hydrogen) atoms. The van der Waals surface area contributed by atoms with Crippen molar-refractivity contribution < 1.29 is 4.79 Å². The van der Waals surface area contributed by atoms with Gasteiger partial charge in [0.15, 0.2) is 0 Å². The largest absolute Gasteiger partial charge is 0.384 e. The van der Waals surface area contributed by atoms with E-state index in [1.165, 1.54) is 0 Å². The summed E-state index contributed by atoms with van der Waals surface area (Å²) in [5.74, 6) is 0.188. The van der Waals surface area contributed by atoms with Gasteiger partial charge in [-0.1, -0.05) is 23.7 Å². The standard InChI is InChI=1S/C19H20ClN5O/c1-11-9-24-18(22)7-15(11)13-6-16(23-10-13)19(26)25-17(8-21)12-3-2-4-14(20)5-12/h2-7,9-10,17,23H,8,21H2,1H3,(H2,22,24)(H,25,26)/t17-/m1/s1. The maximum atomic E-state index is 12.6. The molecule has 1 atom stereocenters. The lowest BCUT2D eigenvalue weighted by atomic mass is 10.0. The zero-order valence-electron chi connectivity index (χ0n) is 14.3. The summed E-state index contributed by atoms with van der Waals surface area (Å²) in [7, 11) is 0. The molecule has 0 radical (unpaired) electrons. The van der Waals surface area contributed by atoms with Crippen LogP contribution in [0.25, 0.3) is 11.1 Å². The van der Waals surface area contributed by atoms with Crippen LogP contribution in [-0.2, 0) is 0 Å². The first-order chi connectivity index (χ1) is 12.5. The van der Waals surface area contributed by atoms with Crippen molar-refractivity contribution in [3.8, 4) is 11.1 Å². The summed E-state index contributed by atoms with van der Waals surface area (Å²) >= 11 is 6.02. The maximum Gasteiger partial charge on any atom is 0.268 e.